The van der Waals surface area contributed by atoms with E-state index in [1.807, 2.05) is 19.1 Å². The second-order valence-electron chi connectivity index (χ2n) is 5.92. The Hall–Kier alpha value is -2.21. The molecule has 2 aromatic rings. The molecule has 2 atom stereocenters. The largest absolute Gasteiger partial charge is 0.376 e. The lowest BCUT2D eigenvalue weighted by atomic mass is 10.1. The SMILES string of the molecule is C[C@H](NC(=O)CCn1cnc2ccccc2c1=O)[C@H]1CCCO1. The van der Waals surface area contributed by atoms with Crippen LogP contribution in [0, 0.1) is 0 Å². The van der Waals surface area contributed by atoms with Gasteiger partial charge in [-0.2, -0.15) is 0 Å². The number of ether oxygens (including phenoxy) is 1. The van der Waals surface area contributed by atoms with Gasteiger partial charge in [-0.25, -0.2) is 4.98 Å². The number of carbonyl (C=O) groups is 1. The molecule has 1 N–H and O–H groups in total. The Labute approximate surface area is 134 Å². The van der Waals surface area contributed by atoms with Crippen molar-refractivity contribution < 1.29 is 9.53 Å². The molecule has 1 aliphatic heterocycles. The number of rotatable bonds is 5. The van der Waals surface area contributed by atoms with Crippen molar-refractivity contribution in [2.24, 2.45) is 0 Å². The monoisotopic (exact) mass is 315 g/mol. The Morgan fingerprint density at radius 3 is 3.09 bits per heavy atom. The summed E-state index contributed by atoms with van der Waals surface area (Å²) < 4.78 is 7.05. The average Bonchev–Trinajstić information content (AvgIpc) is 3.09. The summed E-state index contributed by atoms with van der Waals surface area (Å²) in [7, 11) is 0. The third-order valence-corrected chi connectivity index (χ3v) is 4.22. The quantitative estimate of drug-likeness (QED) is 0.907. The first kappa shape index (κ1) is 15.7. The van der Waals surface area contributed by atoms with Crippen LogP contribution in [0.4, 0.5) is 0 Å². The molecule has 6 nitrogen and oxygen atoms in total. The van der Waals surface area contributed by atoms with Crippen LogP contribution in [-0.4, -0.2) is 34.2 Å². The van der Waals surface area contributed by atoms with Gasteiger partial charge < -0.3 is 10.1 Å². The Bertz CT molecular complexity index is 750. The lowest BCUT2D eigenvalue weighted by Crippen LogP contribution is -2.41. The maximum Gasteiger partial charge on any atom is 0.261 e. The predicted molar refractivity (Wildman–Crippen MR) is 87.2 cm³/mol. The van der Waals surface area contributed by atoms with Crippen LogP contribution in [0.2, 0.25) is 0 Å². The minimum atomic E-state index is -0.115. The molecule has 1 fully saturated rings. The van der Waals surface area contributed by atoms with E-state index in [2.05, 4.69) is 10.3 Å². The first-order valence-corrected chi connectivity index (χ1v) is 8.00. The Balaban J connectivity index is 1.60. The number of aryl methyl sites for hydroxylation is 1. The van der Waals surface area contributed by atoms with Crippen LogP contribution >= 0.6 is 0 Å². The molecule has 0 radical (unpaired) electrons. The fourth-order valence-electron chi connectivity index (χ4n) is 2.90. The van der Waals surface area contributed by atoms with Crippen LogP contribution < -0.4 is 10.9 Å². The van der Waals surface area contributed by atoms with E-state index in [0.717, 1.165) is 19.4 Å². The normalized spacial score (nSPS) is 18.9. The molecular formula is C17H21N3O3. The first-order chi connectivity index (χ1) is 11.1. The van der Waals surface area contributed by atoms with Crippen LogP contribution in [0.1, 0.15) is 26.2 Å². The number of carbonyl (C=O) groups excluding carboxylic acids is 1. The second kappa shape index (κ2) is 6.91. The summed E-state index contributed by atoms with van der Waals surface area (Å²) in [5.74, 6) is -0.0759. The summed E-state index contributed by atoms with van der Waals surface area (Å²) in [5.41, 5.74) is 0.556. The second-order valence-corrected chi connectivity index (χ2v) is 5.92. The van der Waals surface area contributed by atoms with Gasteiger partial charge in [0.25, 0.3) is 5.56 Å². The zero-order valence-electron chi connectivity index (χ0n) is 13.2. The zero-order valence-corrected chi connectivity index (χ0v) is 13.2. The number of hydrogen-bond acceptors (Lipinski definition) is 4. The molecule has 2 heterocycles. The van der Waals surface area contributed by atoms with Gasteiger partial charge in [-0.3, -0.25) is 14.2 Å². The van der Waals surface area contributed by atoms with Crippen LogP contribution in [-0.2, 0) is 16.1 Å². The van der Waals surface area contributed by atoms with Crippen LogP contribution in [0.5, 0.6) is 0 Å². The maximum absolute atomic E-state index is 12.3. The van der Waals surface area contributed by atoms with Gasteiger partial charge in [-0.15, -0.1) is 0 Å². The number of amides is 1. The summed E-state index contributed by atoms with van der Waals surface area (Å²) in [6.07, 6.45) is 3.88. The van der Waals surface area contributed by atoms with E-state index in [1.165, 1.54) is 10.9 Å². The lowest BCUT2D eigenvalue weighted by Gasteiger charge is -2.20. The molecule has 0 saturated carbocycles. The van der Waals surface area contributed by atoms with E-state index in [4.69, 9.17) is 4.74 Å². The summed E-state index contributed by atoms with van der Waals surface area (Å²) in [5, 5.41) is 3.52. The molecule has 1 aliphatic rings. The fraction of sp³-hybridized carbons (Fsp3) is 0.471. The van der Waals surface area contributed by atoms with Crippen LogP contribution in [0.15, 0.2) is 35.4 Å². The number of para-hydroxylation sites is 1. The van der Waals surface area contributed by atoms with Crippen LogP contribution in [0.25, 0.3) is 10.9 Å². The summed E-state index contributed by atoms with van der Waals surface area (Å²) >= 11 is 0. The molecule has 0 bridgehead atoms. The average molecular weight is 315 g/mol. The van der Waals surface area contributed by atoms with Gasteiger partial charge >= 0.3 is 0 Å². The highest BCUT2D eigenvalue weighted by Crippen LogP contribution is 2.15. The van der Waals surface area contributed by atoms with Crippen LogP contribution in [0.3, 0.4) is 0 Å². The summed E-state index contributed by atoms with van der Waals surface area (Å²) in [6.45, 7) is 3.04. The highest BCUT2D eigenvalue weighted by atomic mass is 16.5. The molecular weight excluding hydrogens is 294 g/mol. The molecule has 122 valence electrons. The minimum absolute atomic E-state index is 0.00329. The van der Waals surface area contributed by atoms with Gasteiger partial charge in [0.2, 0.25) is 5.91 Å². The number of fused-ring (bicyclic) bond motifs is 1. The van der Waals surface area contributed by atoms with E-state index >= 15 is 0 Å². The fourth-order valence-corrected chi connectivity index (χ4v) is 2.90. The Morgan fingerprint density at radius 2 is 2.30 bits per heavy atom. The highest BCUT2D eigenvalue weighted by molar-refractivity contribution is 5.77. The summed E-state index contributed by atoms with van der Waals surface area (Å²) in [4.78, 5) is 28.7. The van der Waals surface area contributed by atoms with Crippen molar-refractivity contribution in [1.29, 1.82) is 0 Å². The van der Waals surface area contributed by atoms with E-state index in [1.54, 1.807) is 12.1 Å². The summed E-state index contributed by atoms with van der Waals surface area (Å²) in [6, 6.07) is 7.21. The molecule has 23 heavy (non-hydrogen) atoms. The number of aromatic nitrogens is 2. The van der Waals surface area contributed by atoms with Crippen molar-refractivity contribution in [2.75, 3.05) is 6.61 Å². The number of nitrogens with zero attached hydrogens (tertiary/aromatic N) is 2. The topological polar surface area (TPSA) is 73.2 Å². The van der Waals surface area contributed by atoms with E-state index in [0.29, 0.717) is 17.4 Å². The molecule has 0 spiro atoms. The smallest absolute Gasteiger partial charge is 0.261 e. The van der Waals surface area contributed by atoms with Crippen molar-refractivity contribution in [3.05, 3.63) is 40.9 Å². The molecule has 6 heteroatoms. The van der Waals surface area contributed by atoms with Crippen molar-refractivity contribution >= 4 is 16.8 Å². The van der Waals surface area contributed by atoms with Crippen molar-refractivity contribution in [1.82, 2.24) is 14.9 Å². The molecule has 1 aromatic heterocycles. The molecule has 3 rings (SSSR count). The molecule has 1 amide bonds. The lowest BCUT2D eigenvalue weighted by molar-refractivity contribution is -0.122. The minimum Gasteiger partial charge on any atom is -0.376 e. The molecule has 1 saturated heterocycles. The number of benzene rings is 1. The van der Waals surface area contributed by atoms with Gasteiger partial charge in [-0.05, 0) is 31.9 Å². The van der Waals surface area contributed by atoms with Gasteiger partial charge in [-0.1, -0.05) is 12.1 Å². The maximum atomic E-state index is 12.3. The Kier molecular flexibility index (Phi) is 4.71. The third-order valence-electron chi connectivity index (χ3n) is 4.22. The van der Waals surface area contributed by atoms with Crippen molar-refractivity contribution in [3.63, 3.8) is 0 Å². The van der Waals surface area contributed by atoms with E-state index in [-0.39, 0.29) is 30.0 Å². The van der Waals surface area contributed by atoms with Crippen molar-refractivity contribution in [3.8, 4) is 0 Å². The van der Waals surface area contributed by atoms with Gasteiger partial charge in [0, 0.05) is 19.6 Å². The van der Waals surface area contributed by atoms with Gasteiger partial charge in [0.05, 0.1) is 29.4 Å². The van der Waals surface area contributed by atoms with E-state index in [9.17, 15) is 9.59 Å². The van der Waals surface area contributed by atoms with Gasteiger partial charge in [0.15, 0.2) is 0 Å². The molecule has 0 unspecified atom stereocenters. The zero-order chi connectivity index (χ0) is 16.2. The number of hydrogen-bond donors (Lipinski definition) is 1. The third kappa shape index (κ3) is 3.59. The van der Waals surface area contributed by atoms with Gasteiger partial charge in [0.1, 0.15) is 0 Å². The standard InChI is InChI=1S/C17H21N3O3/c1-12(15-7-4-10-23-15)19-16(21)8-9-20-11-18-14-6-3-2-5-13(14)17(20)22/h2-3,5-6,11-12,15H,4,7-10H2,1H3,(H,19,21)/t12-,15+/m0/s1. The van der Waals surface area contributed by atoms with E-state index < -0.39 is 0 Å². The highest BCUT2D eigenvalue weighted by Gasteiger charge is 2.23. The predicted octanol–water partition coefficient (Wildman–Crippen LogP) is 1.47. The Morgan fingerprint density at radius 1 is 1.48 bits per heavy atom. The molecule has 0 aliphatic carbocycles. The van der Waals surface area contributed by atoms with Crippen molar-refractivity contribution in [2.45, 2.75) is 44.9 Å². The first-order valence-electron chi connectivity index (χ1n) is 8.00. The molecule has 1 aromatic carbocycles. The number of nitrogens with one attached hydrogen (secondary N) is 1.